The molecule has 0 saturated carbocycles. The van der Waals surface area contributed by atoms with Gasteiger partial charge in [0, 0.05) is 25.3 Å². The average molecular weight is 768 g/mol. The van der Waals surface area contributed by atoms with E-state index < -0.39 is 30.2 Å². The summed E-state index contributed by atoms with van der Waals surface area (Å²) in [4.78, 5) is 67.5. The summed E-state index contributed by atoms with van der Waals surface area (Å²) in [5.74, 6) is -2.01. The molecule has 0 spiro atoms. The largest absolute Gasteiger partial charge is 2.00 e. The van der Waals surface area contributed by atoms with E-state index in [1.807, 2.05) is 6.92 Å². The van der Waals surface area contributed by atoms with Crippen LogP contribution in [-0.4, -0.2) is 54.6 Å². The molecule has 0 aromatic carbocycles. The summed E-state index contributed by atoms with van der Waals surface area (Å²) in [6, 6.07) is 6.19. The Balaban J connectivity index is 0.00000605. The van der Waals surface area contributed by atoms with Crippen molar-refractivity contribution in [1.29, 1.82) is 0 Å². The normalized spacial score (nSPS) is 13.4. The Labute approximate surface area is 307 Å². The van der Waals surface area contributed by atoms with Crippen molar-refractivity contribution >= 4 is 68.6 Å². The number of aromatic nitrogens is 4. The SMILES string of the molecule is COC(=O)CCC1=C(C)c2cc3[n-]c(cc4nc(cc5[n-]c(cc1n2)c(CCC(=O)OC)c5C)C(C=O)=C4C)c(C(OC(C)=O)C(F)(F)F)c3C.[Cu+2]. The maximum atomic E-state index is 14.5. The first-order valence-electron chi connectivity index (χ1n) is 16.0. The van der Waals surface area contributed by atoms with Crippen LogP contribution in [0.3, 0.4) is 0 Å². The molecular formula is C37H35CuF3N4O7. The van der Waals surface area contributed by atoms with Crippen LogP contribution in [0, 0.1) is 13.8 Å². The molecule has 1 atom stereocenters. The summed E-state index contributed by atoms with van der Waals surface area (Å²) in [6.45, 7) is 7.54. The molecule has 11 nitrogen and oxygen atoms in total. The molecule has 3 aromatic rings. The molecule has 0 fully saturated rings. The average Bonchev–Trinajstić information content (AvgIpc) is 3.73. The van der Waals surface area contributed by atoms with Crippen molar-refractivity contribution in [3.63, 3.8) is 0 Å². The Morgan fingerprint density at radius 2 is 1.29 bits per heavy atom. The summed E-state index contributed by atoms with van der Waals surface area (Å²) >= 11 is 0. The van der Waals surface area contributed by atoms with Crippen LogP contribution in [0.4, 0.5) is 13.2 Å². The van der Waals surface area contributed by atoms with Gasteiger partial charge in [0.25, 0.3) is 0 Å². The molecule has 1 radical (unpaired) electrons. The van der Waals surface area contributed by atoms with E-state index in [0.717, 1.165) is 12.5 Å². The standard InChI is InChI=1S/C37H36F3N4O7.Cu/c1-17-22(8-10-33(47)49-6)29-15-30-23(9-11-34(48)50-7)18(2)26(42-30)13-31-24(16-45)19(3)27(43-31)14-32-35(36(37(38,39)40)51-21(5)46)20(4)28(44-32)12-25(17)41-29;/h12-16,36H,8-11H2,1-7H3,(H-,41,42,43,44,45);/q-1;+2/p-1. The number of hydrogen-bond acceptors (Lipinski definition) is 9. The first-order chi connectivity index (χ1) is 24.1. The monoisotopic (exact) mass is 767 g/mol. The van der Waals surface area contributed by atoms with Gasteiger partial charge >= 0.3 is 41.2 Å². The molecule has 5 heterocycles. The van der Waals surface area contributed by atoms with Crippen LogP contribution in [-0.2, 0) is 56.9 Å². The zero-order valence-electron chi connectivity index (χ0n) is 29.4. The second kappa shape index (κ2) is 15.7. The van der Waals surface area contributed by atoms with Gasteiger partial charge in [-0.15, -0.1) is 22.1 Å². The molecule has 2 aliphatic heterocycles. The fraction of sp³-hybridized carbons (Fsp3) is 0.351. The molecule has 3 aromatic heterocycles. The van der Waals surface area contributed by atoms with Gasteiger partial charge in [-0.25, -0.2) is 9.97 Å². The fourth-order valence-electron chi connectivity index (χ4n) is 6.23. The molecular weight excluding hydrogens is 733 g/mol. The van der Waals surface area contributed by atoms with E-state index in [0.29, 0.717) is 51.0 Å². The topological polar surface area (TPSA) is 150 Å². The number of methoxy groups -OCH3 is 2. The molecule has 0 aliphatic carbocycles. The van der Waals surface area contributed by atoms with Crippen LogP contribution < -0.4 is 9.97 Å². The number of alkyl halides is 3. The number of nitrogens with zero attached hydrogens (tertiary/aromatic N) is 4. The number of carbonyl (C=O) groups excluding carboxylic acids is 4. The Hall–Kier alpha value is -5.01. The van der Waals surface area contributed by atoms with Gasteiger partial charge in [0.1, 0.15) is 0 Å². The van der Waals surface area contributed by atoms with Gasteiger partial charge in [-0.3, -0.25) is 19.2 Å². The Kier molecular flexibility index (Phi) is 12.0. The smallest absolute Gasteiger partial charge is 0.657 e. The molecule has 1 unspecified atom stereocenters. The number of halogens is 3. The maximum Gasteiger partial charge on any atom is 2.00 e. The van der Waals surface area contributed by atoms with Crippen LogP contribution >= 0.6 is 0 Å². The Morgan fingerprint density at radius 3 is 1.88 bits per heavy atom. The minimum atomic E-state index is -4.99. The van der Waals surface area contributed by atoms with Gasteiger partial charge in [0.15, 0.2) is 6.29 Å². The van der Waals surface area contributed by atoms with Crippen LogP contribution in [0.15, 0.2) is 24.3 Å². The minimum absolute atomic E-state index is 0. The zero-order valence-corrected chi connectivity index (χ0v) is 30.3. The van der Waals surface area contributed by atoms with Crippen LogP contribution in [0.25, 0.3) is 44.4 Å². The van der Waals surface area contributed by atoms with Gasteiger partial charge in [0.05, 0.1) is 37.0 Å². The van der Waals surface area contributed by atoms with E-state index in [-0.39, 0.29) is 81.9 Å². The summed E-state index contributed by atoms with van der Waals surface area (Å²) in [5, 5.41) is 0. The zero-order chi connectivity index (χ0) is 37.4. The maximum absolute atomic E-state index is 14.5. The first kappa shape index (κ1) is 39.8. The predicted molar refractivity (Wildman–Crippen MR) is 182 cm³/mol. The van der Waals surface area contributed by atoms with E-state index in [2.05, 4.69) is 9.97 Å². The second-order valence-corrected chi connectivity index (χ2v) is 12.2. The molecule has 8 bridgehead atoms. The van der Waals surface area contributed by atoms with Crippen LogP contribution in [0.2, 0.25) is 0 Å². The number of fused-ring (bicyclic) bond motifs is 8. The van der Waals surface area contributed by atoms with E-state index in [4.69, 9.17) is 24.2 Å². The summed E-state index contributed by atoms with van der Waals surface area (Å²) in [6.07, 6.45) is -6.44. The van der Waals surface area contributed by atoms with Crippen molar-refractivity contribution < 1.29 is 63.6 Å². The molecule has 0 saturated heterocycles. The van der Waals surface area contributed by atoms with Crippen molar-refractivity contribution in [3.8, 4) is 0 Å². The van der Waals surface area contributed by atoms with E-state index in [9.17, 15) is 32.3 Å². The van der Waals surface area contributed by atoms with Crippen LogP contribution in [0.5, 0.6) is 0 Å². The number of rotatable bonds is 9. The molecule has 15 heteroatoms. The third-order valence-electron chi connectivity index (χ3n) is 9.05. The van der Waals surface area contributed by atoms with Crippen molar-refractivity contribution in [2.75, 3.05) is 14.2 Å². The molecule has 277 valence electrons. The molecule has 5 rings (SSSR count). The van der Waals surface area contributed by atoms with E-state index in [1.165, 1.54) is 33.3 Å². The van der Waals surface area contributed by atoms with Crippen molar-refractivity contribution in [2.45, 2.75) is 72.6 Å². The minimum Gasteiger partial charge on any atom is -0.657 e. The Morgan fingerprint density at radius 1 is 0.769 bits per heavy atom. The number of aryl methyl sites for hydroxylation is 3. The quantitative estimate of drug-likeness (QED) is 0.102. The molecule has 52 heavy (non-hydrogen) atoms. The number of aldehydes is 1. The predicted octanol–water partition coefficient (Wildman–Crippen LogP) is 6.47. The van der Waals surface area contributed by atoms with E-state index >= 15 is 0 Å². The van der Waals surface area contributed by atoms with Crippen molar-refractivity contribution in [1.82, 2.24) is 19.9 Å². The second-order valence-electron chi connectivity index (χ2n) is 12.2. The molecule has 0 N–H and O–H groups in total. The van der Waals surface area contributed by atoms with E-state index in [1.54, 1.807) is 26.0 Å². The van der Waals surface area contributed by atoms with Crippen molar-refractivity contribution in [2.24, 2.45) is 0 Å². The summed E-state index contributed by atoms with van der Waals surface area (Å²) in [7, 11) is 2.58. The Bertz CT molecular complexity index is 2200. The number of hydrogen-bond donors (Lipinski definition) is 0. The summed E-state index contributed by atoms with van der Waals surface area (Å²) in [5.41, 5.74) is 5.19. The van der Waals surface area contributed by atoms with Gasteiger partial charge in [-0.05, 0) is 62.8 Å². The molecule has 0 amide bonds. The van der Waals surface area contributed by atoms with Gasteiger partial charge in [0.2, 0.25) is 6.10 Å². The van der Waals surface area contributed by atoms with Gasteiger partial charge in [-0.1, -0.05) is 41.0 Å². The number of esters is 3. The first-order valence-corrected chi connectivity index (χ1v) is 16.0. The fourth-order valence-corrected chi connectivity index (χ4v) is 6.23. The number of ether oxygens (including phenoxy) is 3. The van der Waals surface area contributed by atoms with Crippen LogP contribution in [0.1, 0.15) is 91.2 Å². The number of allylic oxidation sites excluding steroid dienone is 4. The van der Waals surface area contributed by atoms with Gasteiger partial charge < -0.3 is 24.2 Å². The summed E-state index contributed by atoms with van der Waals surface area (Å²) < 4.78 is 58.2. The van der Waals surface area contributed by atoms with Crippen molar-refractivity contribution in [3.05, 3.63) is 69.3 Å². The van der Waals surface area contributed by atoms with Gasteiger partial charge in [-0.2, -0.15) is 13.2 Å². The third-order valence-corrected chi connectivity index (χ3v) is 9.05. The third kappa shape index (κ3) is 7.90. The molecule has 2 aliphatic rings. The number of carbonyl (C=O) groups is 4.